The number of benzene rings is 1. The first kappa shape index (κ1) is 9.35. The third kappa shape index (κ3) is 1.34. The third-order valence-corrected chi connectivity index (χ3v) is 2.65. The molecule has 0 unspecified atom stereocenters. The SMILES string of the molecule is C=C(C)c1cn(C)c2cc(Cl)ccc12. The maximum absolute atomic E-state index is 5.94. The van der Waals surface area contributed by atoms with Gasteiger partial charge in [0.2, 0.25) is 0 Å². The zero-order valence-corrected chi connectivity index (χ0v) is 9.10. The highest BCUT2D eigenvalue weighted by Gasteiger charge is 2.06. The summed E-state index contributed by atoms with van der Waals surface area (Å²) in [6, 6.07) is 5.93. The average molecular weight is 206 g/mol. The Balaban J connectivity index is 2.84. The summed E-state index contributed by atoms with van der Waals surface area (Å²) in [5.74, 6) is 0. The minimum atomic E-state index is 0.770. The number of hydrogen-bond donors (Lipinski definition) is 0. The number of aryl methyl sites for hydroxylation is 1. The van der Waals surface area contributed by atoms with Crippen LogP contribution in [0.3, 0.4) is 0 Å². The predicted octanol–water partition coefficient (Wildman–Crippen LogP) is 3.86. The van der Waals surface area contributed by atoms with E-state index in [1.54, 1.807) is 0 Å². The fourth-order valence-corrected chi connectivity index (χ4v) is 1.86. The van der Waals surface area contributed by atoms with Gasteiger partial charge in [-0.15, -0.1) is 0 Å². The molecule has 72 valence electrons. The predicted molar refractivity (Wildman–Crippen MR) is 62.6 cm³/mol. The van der Waals surface area contributed by atoms with Gasteiger partial charge in [-0.2, -0.15) is 0 Å². The van der Waals surface area contributed by atoms with Crippen LogP contribution < -0.4 is 0 Å². The molecule has 0 saturated heterocycles. The Bertz CT molecular complexity index is 508. The van der Waals surface area contributed by atoms with Gasteiger partial charge < -0.3 is 4.57 Å². The van der Waals surface area contributed by atoms with Gasteiger partial charge in [-0.25, -0.2) is 0 Å². The van der Waals surface area contributed by atoms with Crippen molar-refractivity contribution < 1.29 is 0 Å². The fraction of sp³-hybridized carbons (Fsp3) is 0.167. The van der Waals surface area contributed by atoms with Crippen molar-refractivity contribution in [3.8, 4) is 0 Å². The summed E-state index contributed by atoms with van der Waals surface area (Å²) in [5.41, 5.74) is 3.42. The number of aromatic nitrogens is 1. The number of rotatable bonds is 1. The van der Waals surface area contributed by atoms with Crippen molar-refractivity contribution >= 4 is 28.1 Å². The Morgan fingerprint density at radius 2 is 2.14 bits per heavy atom. The van der Waals surface area contributed by atoms with Crippen LogP contribution in [0.25, 0.3) is 16.5 Å². The lowest BCUT2D eigenvalue weighted by atomic mass is 10.1. The molecule has 1 heterocycles. The first-order valence-corrected chi connectivity index (χ1v) is 4.88. The first-order valence-electron chi connectivity index (χ1n) is 4.50. The second kappa shape index (κ2) is 3.18. The minimum Gasteiger partial charge on any atom is -0.350 e. The van der Waals surface area contributed by atoms with Crippen LogP contribution in [0, 0.1) is 0 Å². The smallest absolute Gasteiger partial charge is 0.0498 e. The molecule has 0 amide bonds. The van der Waals surface area contributed by atoms with Gasteiger partial charge in [0.1, 0.15) is 0 Å². The Labute approximate surface area is 88.6 Å². The molecule has 0 saturated carbocycles. The van der Waals surface area contributed by atoms with Crippen molar-refractivity contribution in [3.63, 3.8) is 0 Å². The maximum Gasteiger partial charge on any atom is 0.0498 e. The number of nitrogens with zero attached hydrogens (tertiary/aromatic N) is 1. The van der Waals surface area contributed by atoms with Gasteiger partial charge >= 0.3 is 0 Å². The topological polar surface area (TPSA) is 4.93 Å². The largest absolute Gasteiger partial charge is 0.350 e. The van der Waals surface area contributed by atoms with Crippen molar-refractivity contribution in [2.24, 2.45) is 7.05 Å². The lowest BCUT2D eigenvalue weighted by Gasteiger charge is -1.97. The minimum absolute atomic E-state index is 0.770. The summed E-state index contributed by atoms with van der Waals surface area (Å²) in [4.78, 5) is 0. The average Bonchev–Trinajstić information content (AvgIpc) is 2.44. The van der Waals surface area contributed by atoms with Crippen LogP contribution in [-0.4, -0.2) is 4.57 Å². The van der Waals surface area contributed by atoms with E-state index in [0.29, 0.717) is 0 Å². The van der Waals surface area contributed by atoms with E-state index in [1.807, 2.05) is 32.2 Å². The zero-order valence-electron chi connectivity index (χ0n) is 8.34. The molecule has 0 aliphatic rings. The lowest BCUT2D eigenvalue weighted by Crippen LogP contribution is -1.82. The van der Waals surface area contributed by atoms with Gasteiger partial charge in [-0.1, -0.05) is 24.2 Å². The molecular weight excluding hydrogens is 194 g/mol. The Hall–Kier alpha value is -1.21. The third-order valence-electron chi connectivity index (χ3n) is 2.41. The van der Waals surface area contributed by atoms with Crippen molar-refractivity contribution in [1.29, 1.82) is 0 Å². The van der Waals surface area contributed by atoms with Gasteiger partial charge in [0.15, 0.2) is 0 Å². The molecule has 2 heteroatoms. The Kier molecular flexibility index (Phi) is 2.12. The summed E-state index contributed by atoms with van der Waals surface area (Å²) in [6.07, 6.45) is 2.09. The van der Waals surface area contributed by atoms with Crippen molar-refractivity contribution in [2.75, 3.05) is 0 Å². The highest BCUT2D eigenvalue weighted by atomic mass is 35.5. The lowest BCUT2D eigenvalue weighted by molar-refractivity contribution is 0.967. The van der Waals surface area contributed by atoms with Crippen molar-refractivity contribution in [1.82, 2.24) is 4.57 Å². The molecule has 0 N–H and O–H groups in total. The highest BCUT2D eigenvalue weighted by molar-refractivity contribution is 6.31. The molecule has 0 fully saturated rings. The monoisotopic (exact) mass is 205 g/mol. The van der Waals surface area contributed by atoms with E-state index in [-0.39, 0.29) is 0 Å². The van der Waals surface area contributed by atoms with Crippen LogP contribution in [0.4, 0.5) is 0 Å². The number of hydrogen-bond acceptors (Lipinski definition) is 0. The van der Waals surface area contributed by atoms with E-state index < -0.39 is 0 Å². The molecular formula is C12H12ClN. The molecule has 0 radical (unpaired) electrons. The molecule has 0 aliphatic carbocycles. The normalized spacial score (nSPS) is 10.8. The molecule has 14 heavy (non-hydrogen) atoms. The fourth-order valence-electron chi connectivity index (χ4n) is 1.70. The zero-order chi connectivity index (χ0) is 10.3. The Morgan fingerprint density at radius 1 is 1.43 bits per heavy atom. The molecule has 0 atom stereocenters. The van der Waals surface area contributed by atoms with E-state index in [9.17, 15) is 0 Å². The van der Waals surface area contributed by atoms with E-state index in [4.69, 9.17) is 11.6 Å². The molecule has 2 rings (SSSR count). The number of fused-ring (bicyclic) bond motifs is 1. The second-order valence-corrected chi connectivity index (χ2v) is 4.03. The number of halogens is 1. The highest BCUT2D eigenvalue weighted by Crippen LogP contribution is 2.27. The van der Waals surface area contributed by atoms with E-state index in [2.05, 4.69) is 17.3 Å². The van der Waals surface area contributed by atoms with Crippen LogP contribution in [0.15, 0.2) is 31.0 Å². The molecule has 1 nitrogen and oxygen atoms in total. The summed E-state index contributed by atoms with van der Waals surface area (Å²) < 4.78 is 2.07. The first-order chi connectivity index (χ1) is 6.59. The van der Waals surface area contributed by atoms with Crippen LogP contribution in [-0.2, 0) is 7.05 Å². The standard InChI is InChI=1S/C12H12ClN/c1-8(2)11-7-14(3)12-6-9(13)4-5-10(11)12/h4-7H,1H2,2-3H3. The van der Waals surface area contributed by atoms with Crippen LogP contribution in [0.2, 0.25) is 5.02 Å². The molecule has 0 aliphatic heterocycles. The van der Waals surface area contributed by atoms with E-state index in [0.717, 1.165) is 16.1 Å². The molecule has 0 spiro atoms. The van der Waals surface area contributed by atoms with Gasteiger partial charge in [-0.05, 0) is 24.6 Å². The van der Waals surface area contributed by atoms with Crippen LogP contribution in [0.5, 0.6) is 0 Å². The van der Waals surface area contributed by atoms with Crippen molar-refractivity contribution in [3.05, 3.63) is 41.6 Å². The van der Waals surface area contributed by atoms with Crippen molar-refractivity contribution in [2.45, 2.75) is 6.92 Å². The van der Waals surface area contributed by atoms with Gasteiger partial charge in [0, 0.05) is 34.7 Å². The van der Waals surface area contributed by atoms with Gasteiger partial charge in [-0.3, -0.25) is 0 Å². The summed E-state index contributed by atoms with van der Waals surface area (Å²) >= 11 is 5.94. The quantitative estimate of drug-likeness (QED) is 0.666. The number of allylic oxidation sites excluding steroid dienone is 1. The summed E-state index contributed by atoms with van der Waals surface area (Å²) in [6.45, 7) is 5.98. The van der Waals surface area contributed by atoms with Crippen LogP contribution >= 0.6 is 11.6 Å². The van der Waals surface area contributed by atoms with E-state index >= 15 is 0 Å². The molecule has 1 aromatic carbocycles. The summed E-state index contributed by atoms with van der Waals surface area (Å²) in [5, 5.41) is 1.98. The molecule has 2 aromatic rings. The second-order valence-electron chi connectivity index (χ2n) is 3.60. The summed E-state index contributed by atoms with van der Waals surface area (Å²) in [7, 11) is 2.02. The maximum atomic E-state index is 5.94. The Morgan fingerprint density at radius 3 is 2.79 bits per heavy atom. The van der Waals surface area contributed by atoms with Crippen LogP contribution in [0.1, 0.15) is 12.5 Å². The molecule has 0 bridgehead atoms. The van der Waals surface area contributed by atoms with Gasteiger partial charge in [0.05, 0.1) is 0 Å². The van der Waals surface area contributed by atoms with E-state index in [1.165, 1.54) is 10.9 Å². The van der Waals surface area contributed by atoms with Gasteiger partial charge in [0.25, 0.3) is 0 Å². The molecule has 1 aromatic heterocycles.